The summed E-state index contributed by atoms with van der Waals surface area (Å²) in [5.41, 5.74) is 0.372. The molecule has 0 bridgehead atoms. The van der Waals surface area contributed by atoms with Gasteiger partial charge < -0.3 is 4.74 Å². The minimum Gasteiger partial charge on any atom is -0.493 e. The lowest BCUT2D eigenvalue weighted by Gasteiger charge is -2.09. The maximum atomic E-state index is 11.6. The lowest BCUT2D eigenvalue weighted by Crippen LogP contribution is -2.19. The summed E-state index contributed by atoms with van der Waals surface area (Å²) in [6, 6.07) is 9.15. The van der Waals surface area contributed by atoms with Gasteiger partial charge >= 0.3 is 5.69 Å². The van der Waals surface area contributed by atoms with Gasteiger partial charge in [-0.2, -0.15) is 5.26 Å². The summed E-state index contributed by atoms with van der Waals surface area (Å²) >= 11 is 1.46. The van der Waals surface area contributed by atoms with Crippen LogP contribution in [0.3, 0.4) is 0 Å². The van der Waals surface area contributed by atoms with Gasteiger partial charge in [-0.1, -0.05) is 17.8 Å². The van der Waals surface area contributed by atoms with Crippen molar-refractivity contribution < 1.29 is 4.74 Å². The molecule has 0 amide bonds. The molecule has 0 fully saturated rings. The number of rotatable bonds is 6. The number of benzene rings is 1. The molecule has 1 aromatic heterocycles. The molecule has 0 aliphatic carbocycles. The molecule has 0 aliphatic heterocycles. The van der Waals surface area contributed by atoms with Crippen LogP contribution in [-0.4, -0.2) is 27.1 Å². The molecule has 21 heavy (non-hydrogen) atoms. The van der Waals surface area contributed by atoms with Crippen molar-refractivity contribution in [1.82, 2.24) is 14.8 Å². The van der Waals surface area contributed by atoms with E-state index in [1.165, 1.54) is 11.8 Å². The zero-order valence-corrected chi connectivity index (χ0v) is 12.7. The number of H-pyrrole nitrogens is 1. The first-order chi connectivity index (χ1) is 10.1. The summed E-state index contributed by atoms with van der Waals surface area (Å²) in [6.45, 7) is 4.34. The van der Waals surface area contributed by atoms with Crippen molar-refractivity contribution in [1.29, 1.82) is 5.26 Å². The molecule has 0 atom stereocenters. The molecule has 0 spiro atoms. The molecule has 7 heteroatoms. The fraction of sp³-hybridized carbons (Fsp3) is 0.357. The molecule has 6 nitrogen and oxygen atoms in total. The standard InChI is InChI=1S/C14H16N4O2S/c1-10(2)18-13(19)16-17-14(18)21-7-6-20-12-5-3-4-11(8-12)9-15/h3-5,8,10H,6-7H2,1-2H3,(H,16,19). The number of hydrogen-bond donors (Lipinski definition) is 1. The van der Waals surface area contributed by atoms with E-state index in [0.29, 0.717) is 28.8 Å². The predicted octanol–water partition coefficient (Wildman–Crippen LogP) is 2.20. The third kappa shape index (κ3) is 3.89. The highest BCUT2D eigenvalue weighted by Gasteiger charge is 2.11. The monoisotopic (exact) mass is 304 g/mol. The first-order valence-corrected chi connectivity index (χ1v) is 7.53. The van der Waals surface area contributed by atoms with Gasteiger partial charge in [0.2, 0.25) is 0 Å². The van der Waals surface area contributed by atoms with E-state index in [0.717, 1.165) is 0 Å². The second-order valence-corrected chi connectivity index (χ2v) is 5.67. The highest BCUT2D eigenvalue weighted by Crippen LogP contribution is 2.18. The highest BCUT2D eigenvalue weighted by molar-refractivity contribution is 7.99. The second-order valence-electron chi connectivity index (χ2n) is 4.61. The third-order valence-corrected chi connectivity index (χ3v) is 3.65. The zero-order chi connectivity index (χ0) is 15.2. The summed E-state index contributed by atoms with van der Waals surface area (Å²) in [4.78, 5) is 11.6. The molecule has 0 saturated heterocycles. The first kappa shape index (κ1) is 15.2. The quantitative estimate of drug-likeness (QED) is 0.653. The zero-order valence-electron chi connectivity index (χ0n) is 11.9. The third-order valence-electron chi connectivity index (χ3n) is 2.73. The van der Waals surface area contributed by atoms with Crippen molar-refractivity contribution in [2.45, 2.75) is 25.0 Å². The van der Waals surface area contributed by atoms with Crippen molar-refractivity contribution in [3.05, 3.63) is 40.3 Å². The topological polar surface area (TPSA) is 83.7 Å². The Kier molecular flexibility index (Phi) is 5.06. The molecular weight excluding hydrogens is 288 g/mol. The number of nitriles is 1. The predicted molar refractivity (Wildman–Crippen MR) is 80.6 cm³/mol. The SMILES string of the molecule is CC(C)n1c(SCCOc2cccc(C#N)c2)n[nH]c1=O. The molecule has 1 N–H and O–H groups in total. The van der Waals surface area contributed by atoms with Gasteiger partial charge in [-0.25, -0.2) is 9.89 Å². The molecule has 1 aromatic carbocycles. The van der Waals surface area contributed by atoms with Crippen LogP contribution in [0.2, 0.25) is 0 Å². The summed E-state index contributed by atoms with van der Waals surface area (Å²) in [6.07, 6.45) is 0. The average Bonchev–Trinajstić information content (AvgIpc) is 2.85. The molecule has 1 heterocycles. The molecule has 2 rings (SSSR count). The Labute approximate surface area is 126 Å². The van der Waals surface area contributed by atoms with Crippen LogP contribution >= 0.6 is 11.8 Å². The van der Waals surface area contributed by atoms with Gasteiger partial charge in [0.1, 0.15) is 5.75 Å². The molecule has 0 aliphatic rings. The maximum Gasteiger partial charge on any atom is 0.344 e. The van der Waals surface area contributed by atoms with Crippen molar-refractivity contribution in [2.75, 3.05) is 12.4 Å². The van der Waals surface area contributed by atoms with Crippen LogP contribution in [0.15, 0.2) is 34.2 Å². The molecule has 0 unspecified atom stereocenters. The van der Waals surface area contributed by atoms with Gasteiger partial charge in [0, 0.05) is 11.8 Å². The van der Waals surface area contributed by atoms with Crippen LogP contribution in [0, 0.1) is 11.3 Å². The van der Waals surface area contributed by atoms with Gasteiger partial charge in [0.05, 0.1) is 18.2 Å². The molecule has 0 radical (unpaired) electrons. The van der Waals surface area contributed by atoms with Crippen molar-refractivity contribution in [2.24, 2.45) is 0 Å². The summed E-state index contributed by atoms with van der Waals surface area (Å²) < 4.78 is 7.19. The number of thioether (sulfide) groups is 1. The maximum absolute atomic E-state index is 11.6. The molecule has 0 saturated carbocycles. The Morgan fingerprint density at radius 3 is 3.05 bits per heavy atom. The van der Waals surface area contributed by atoms with Gasteiger partial charge in [-0.15, -0.1) is 5.10 Å². The number of hydrogen-bond acceptors (Lipinski definition) is 5. The fourth-order valence-corrected chi connectivity index (χ4v) is 2.69. The Hall–Kier alpha value is -2.20. The Morgan fingerprint density at radius 2 is 2.33 bits per heavy atom. The van der Waals surface area contributed by atoms with Crippen LogP contribution in [0.5, 0.6) is 5.75 Å². The van der Waals surface area contributed by atoms with Gasteiger partial charge in [0.25, 0.3) is 0 Å². The van der Waals surface area contributed by atoms with Crippen LogP contribution in [0.1, 0.15) is 25.5 Å². The van der Waals surface area contributed by atoms with Crippen LogP contribution in [0.4, 0.5) is 0 Å². The highest BCUT2D eigenvalue weighted by atomic mass is 32.2. The lowest BCUT2D eigenvalue weighted by atomic mass is 10.2. The number of aromatic nitrogens is 3. The number of aromatic amines is 1. The van der Waals surface area contributed by atoms with E-state index >= 15 is 0 Å². The summed E-state index contributed by atoms with van der Waals surface area (Å²) in [5, 5.41) is 15.9. The van der Waals surface area contributed by atoms with E-state index in [9.17, 15) is 4.79 Å². The number of nitrogens with one attached hydrogen (secondary N) is 1. The number of nitrogens with zero attached hydrogens (tertiary/aromatic N) is 3. The lowest BCUT2D eigenvalue weighted by molar-refractivity contribution is 0.343. The molecular formula is C14H16N4O2S. The Balaban J connectivity index is 1.88. The summed E-state index contributed by atoms with van der Waals surface area (Å²) in [7, 11) is 0. The Morgan fingerprint density at radius 1 is 1.52 bits per heavy atom. The minimum atomic E-state index is -0.199. The van der Waals surface area contributed by atoms with Gasteiger partial charge in [-0.3, -0.25) is 4.57 Å². The summed E-state index contributed by atoms with van der Waals surface area (Å²) in [5.74, 6) is 1.33. The van der Waals surface area contributed by atoms with Gasteiger partial charge in [-0.05, 0) is 32.0 Å². The normalized spacial score (nSPS) is 10.6. The largest absolute Gasteiger partial charge is 0.493 e. The van der Waals surface area contributed by atoms with E-state index in [2.05, 4.69) is 16.3 Å². The molecule has 110 valence electrons. The fourth-order valence-electron chi connectivity index (χ4n) is 1.80. The van der Waals surface area contributed by atoms with E-state index in [4.69, 9.17) is 10.00 Å². The number of ether oxygens (including phenoxy) is 1. The van der Waals surface area contributed by atoms with Crippen LogP contribution in [-0.2, 0) is 0 Å². The van der Waals surface area contributed by atoms with E-state index in [1.807, 2.05) is 19.9 Å². The second kappa shape index (κ2) is 6.99. The smallest absolute Gasteiger partial charge is 0.344 e. The Bertz CT molecular complexity index is 699. The van der Waals surface area contributed by atoms with Crippen molar-refractivity contribution >= 4 is 11.8 Å². The molecule has 2 aromatic rings. The average molecular weight is 304 g/mol. The van der Waals surface area contributed by atoms with Crippen molar-refractivity contribution in [3.8, 4) is 11.8 Å². The van der Waals surface area contributed by atoms with E-state index in [-0.39, 0.29) is 11.7 Å². The van der Waals surface area contributed by atoms with E-state index in [1.54, 1.807) is 22.8 Å². The van der Waals surface area contributed by atoms with Crippen LogP contribution in [0.25, 0.3) is 0 Å². The van der Waals surface area contributed by atoms with Crippen molar-refractivity contribution in [3.63, 3.8) is 0 Å². The van der Waals surface area contributed by atoms with Gasteiger partial charge in [0.15, 0.2) is 5.16 Å². The van der Waals surface area contributed by atoms with E-state index < -0.39 is 0 Å². The first-order valence-electron chi connectivity index (χ1n) is 6.54. The minimum absolute atomic E-state index is 0.0620. The van der Waals surface area contributed by atoms with Crippen LogP contribution < -0.4 is 10.4 Å².